The van der Waals surface area contributed by atoms with Gasteiger partial charge in [-0.15, -0.1) is 0 Å². The Morgan fingerprint density at radius 3 is 2.53 bits per heavy atom. The fourth-order valence-corrected chi connectivity index (χ4v) is 9.64. The van der Waals surface area contributed by atoms with Gasteiger partial charge >= 0.3 is 0 Å². The first-order valence-corrected chi connectivity index (χ1v) is 14.3. The Morgan fingerprint density at radius 1 is 1.12 bits per heavy atom. The number of rotatable bonds is 7. The fraction of sp³-hybridized carbons (Fsp3) is 0.929. The maximum atomic E-state index is 12.3. The van der Waals surface area contributed by atoms with Gasteiger partial charge in [-0.2, -0.15) is 5.10 Å². The summed E-state index contributed by atoms with van der Waals surface area (Å²) < 4.78 is 0. The molecule has 4 aliphatic rings. The van der Waals surface area contributed by atoms with Crippen LogP contribution in [0.1, 0.15) is 98.8 Å². The van der Waals surface area contributed by atoms with E-state index in [0.717, 1.165) is 30.6 Å². The summed E-state index contributed by atoms with van der Waals surface area (Å²) in [4.78, 5) is 0. The van der Waals surface area contributed by atoms with Crippen molar-refractivity contribution in [2.45, 2.75) is 111 Å². The van der Waals surface area contributed by atoms with E-state index < -0.39 is 11.7 Å². The van der Waals surface area contributed by atoms with Crippen LogP contribution >= 0.6 is 12.2 Å². The van der Waals surface area contributed by atoms with Crippen molar-refractivity contribution in [3.05, 3.63) is 0 Å². The summed E-state index contributed by atoms with van der Waals surface area (Å²) >= 11 is 4.97. The number of hydrogen-bond donors (Lipinski definition) is 4. The fourth-order valence-electron chi connectivity index (χ4n) is 9.59. The molecule has 5 N–H and O–H groups in total. The van der Waals surface area contributed by atoms with Crippen LogP contribution in [0.4, 0.5) is 0 Å². The second-order valence-electron chi connectivity index (χ2n) is 13.3. The average molecular weight is 492 g/mol. The predicted molar refractivity (Wildman–Crippen MR) is 143 cm³/mol. The smallest absolute Gasteiger partial charge is 0.184 e. The molecule has 10 atom stereocenters. The van der Waals surface area contributed by atoms with Crippen molar-refractivity contribution in [3.63, 3.8) is 0 Å². The molecule has 4 saturated carbocycles. The van der Waals surface area contributed by atoms with Crippen molar-refractivity contribution in [2.75, 3.05) is 0 Å². The van der Waals surface area contributed by atoms with E-state index in [9.17, 15) is 10.2 Å². The van der Waals surface area contributed by atoms with Gasteiger partial charge in [0.15, 0.2) is 5.11 Å². The van der Waals surface area contributed by atoms with Crippen molar-refractivity contribution in [2.24, 2.45) is 63.1 Å². The molecule has 0 radical (unpaired) electrons. The molecule has 0 amide bonds. The maximum absolute atomic E-state index is 12.3. The zero-order valence-electron chi connectivity index (χ0n) is 22.1. The molecule has 4 rings (SSSR count). The summed E-state index contributed by atoms with van der Waals surface area (Å²) in [6.45, 7) is 12.0. The third-order valence-corrected chi connectivity index (χ3v) is 11.4. The molecule has 0 aromatic carbocycles. The van der Waals surface area contributed by atoms with Gasteiger partial charge in [0.2, 0.25) is 0 Å². The molecule has 0 aromatic rings. The van der Waals surface area contributed by atoms with Gasteiger partial charge in [0.1, 0.15) is 0 Å². The SMILES string of the molecule is CC(C)CCC[C@@H](C)[C@H]1CC[C@H]2[C@@H]3[C@@H](/C=N/NC(N)=S)[C@]4(O)C[C@@H](O)CC[C@]4(C)[C@H]3CC[C@]12C. The summed E-state index contributed by atoms with van der Waals surface area (Å²) in [6, 6.07) is 0. The first-order chi connectivity index (χ1) is 15.9. The van der Waals surface area contributed by atoms with Crippen LogP contribution in [0.15, 0.2) is 5.10 Å². The molecule has 6 heteroatoms. The Labute approximate surface area is 212 Å². The Balaban J connectivity index is 1.63. The molecule has 0 aliphatic heterocycles. The molecule has 0 bridgehead atoms. The highest BCUT2D eigenvalue weighted by Gasteiger charge is 2.71. The largest absolute Gasteiger partial charge is 0.393 e. The van der Waals surface area contributed by atoms with Gasteiger partial charge in [-0.1, -0.05) is 53.9 Å². The van der Waals surface area contributed by atoms with E-state index in [4.69, 9.17) is 18.0 Å². The van der Waals surface area contributed by atoms with Gasteiger partial charge in [-0.25, -0.2) is 0 Å². The van der Waals surface area contributed by atoms with E-state index in [1.165, 1.54) is 44.9 Å². The van der Waals surface area contributed by atoms with Gasteiger partial charge < -0.3 is 15.9 Å². The number of hydrogen-bond acceptors (Lipinski definition) is 4. The lowest BCUT2D eigenvalue weighted by atomic mass is 9.53. The number of nitrogens with two attached hydrogens (primary N) is 1. The third-order valence-electron chi connectivity index (χ3n) is 11.3. The molecule has 4 aliphatic carbocycles. The second kappa shape index (κ2) is 9.63. The number of aliphatic hydroxyl groups is 2. The molecule has 0 aromatic heterocycles. The highest BCUT2D eigenvalue weighted by Crippen LogP contribution is 2.72. The zero-order chi connectivity index (χ0) is 24.9. The highest BCUT2D eigenvalue weighted by atomic mass is 32.1. The number of nitrogens with one attached hydrogen (secondary N) is 1. The summed E-state index contributed by atoms with van der Waals surface area (Å²) in [7, 11) is 0. The number of aliphatic hydroxyl groups excluding tert-OH is 1. The van der Waals surface area contributed by atoms with Gasteiger partial charge in [0, 0.05) is 24.0 Å². The standard InChI is InChI=1S/C28H49N3O2S/c1-17(2)7-6-8-18(3)20-9-10-21-24-22(12-13-26(20,21)4)27(5)14-11-19(32)15-28(27,33)23(24)16-30-31-25(29)34/h16-24,32-33H,6-15H2,1-5H3,(H3,29,31,34)/b30-16+/t18-,19+,20-,21+,22+,23-,24+,26-,27-,28-/m1/s1. The van der Waals surface area contributed by atoms with E-state index in [0.29, 0.717) is 29.6 Å². The van der Waals surface area contributed by atoms with E-state index in [1.807, 2.05) is 6.21 Å². The normalized spacial score (nSPS) is 46.8. The monoisotopic (exact) mass is 491 g/mol. The number of nitrogens with zero attached hydrogens (tertiary/aromatic N) is 1. The molecular formula is C28H49N3O2S. The summed E-state index contributed by atoms with van der Waals surface area (Å²) in [6.07, 6.45) is 12.6. The predicted octanol–water partition coefficient (Wildman–Crippen LogP) is 5.24. The molecule has 0 saturated heterocycles. The third kappa shape index (κ3) is 4.24. The van der Waals surface area contributed by atoms with Crippen LogP contribution < -0.4 is 11.2 Å². The van der Waals surface area contributed by atoms with Crippen LogP contribution in [0.3, 0.4) is 0 Å². The number of thiocarbonyl (C=S) groups is 1. The van der Waals surface area contributed by atoms with Crippen LogP contribution in [0.5, 0.6) is 0 Å². The Hall–Kier alpha value is -0.720. The van der Waals surface area contributed by atoms with Crippen molar-refractivity contribution >= 4 is 23.5 Å². The molecular weight excluding hydrogens is 442 g/mol. The molecule has 194 valence electrons. The van der Waals surface area contributed by atoms with Gasteiger partial charge in [-0.3, -0.25) is 5.43 Å². The van der Waals surface area contributed by atoms with Crippen molar-refractivity contribution in [3.8, 4) is 0 Å². The number of hydrazone groups is 1. The lowest BCUT2D eigenvalue weighted by Crippen LogP contribution is -2.54. The van der Waals surface area contributed by atoms with Gasteiger partial charge in [0.25, 0.3) is 0 Å². The van der Waals surface area contributed by atoms with E-state index in [-0.39, 0.29) is 16.4 Å². The van der Waals surface area contributed by atoms with Crippen LogP contribution in [-0.4, -0.2) is 33.2 Å². The second-order valence-corrected chi connectivity index (χ2v) is 13.8. The molecule has 0 heterocycles. The molecule has 0 unspecified atom stereocenters. The van der Waals surface area contributed by atoms with Crippen LogP contribution in [0.25, 0.3) is 0 Å². The lowest BCUT2D eigenvalue weighted by Gasteiger charge is -2.52. The molecule has 4 fully saturated rings. The Kier molecular flexibility index (Phi) is 7.46. The van der Waals surface area contributed by atoms with Crippen LogP contribution in [-0.2, 0) is 0 Å². The van der Waals surface area contributed by atoms with Crippen LogP contribution in [0, 0.1) is 52.3 Å². The minimum atomic E-state index is -0.937. The average Bonchev–Trinajstić information content (AvgIpc) is 3.18. The van der Waals surface area contributed by atoms with E-state index in [1.54, 1.807) is 0 Å². The molecule has 34 heavy (non-hydrogen) atoms. The first-order valence-electron chi connectivity index (χ1n) is 13.9. The maximum Gasteiger partial charge on any atom is 0.184 e. The summed E-state index contributed by atoms with van der Waals surface area (Å²) in [5, 5.41) is 27.5. The summed E-state index contributed by atoms with van der Waals surface area (Å²) in [5.41, 5.74) is 7.58. The van der Waals surface area contributed by atoms with Crippen molar-refractivity contribution in [1.82, 2.24) is 5.43 Å². The van der Waals surface area contributed by atoms with E-state index in [2.05, 4.69) is 45.1 Å². The Bertz CT molecular complexity index is 790. The number of fused-ring (bicyclic) bond motifs is 5. The van der Waals surface area contributed by atoms with Crippen LogP contribution in [0.2, 0.25) is 0 Å². The first kappa shape index (κ1) is 26.3. The molecule has 5 nitrogen and oxygen atoms in total. The topological polar surface area (TPSA) is 90.9 Å². The van der Waals surface area contributed by atoms with E-state index >= 15 is 0 Å². The lowest BCUT2D eigenvalue weighted by molar-refractivity contribution is -0.141. The van der Waals surface area contributed by atoms with Gasteiger partial charge in [-0.05, 0) is 91.7 Å². The van der Waals surface area contributed by atoms with Crippen molar-refractivity contribution < 1.29 is 10.2 Å². The highest BCUT2D eigenvalue weighted by molar-refractivity contribution is 7.80. The summed E-state index contributed by atoms with van der Waals surface area (Å²) in [5.74, 6) is 3.66. The quantitative estimate of drug-likeness (QED) is 0.222. The minimum absolute atomic E-state index is 0.0843. The molecule has 0 spiro atoms. The Morgan fingerprint density at radius 2 is 1.85 bits per heavy atom. The van der Waals surface area contributed by atoms with Gasteiger partial charge in [0.05, 0.1) is 11.7 Å². The van der Waals surface area contributed by atoms with Crippen molar-refractivity contribution in [1.29, 1.82) is 0 Å². The zero-order valence-corrected chi connectivity index (χ0v) is 22.9. The minimum Gasteiger partial charge on any atom is -0.393 e.